The minimum atomic E-state index is -0.350. The van der Waals surface area contributed by atoms with Crippen LogP contribution in [0.5, 0.6) is 11.5 Å². The number of nitrogens with zero attached hydrogens (tertiary/aromatic N) is 1. The van der Waals surface area contributed by atoms with Gasteiger partial charge in [0.2, 0.25) is 0 Å². The molecule has 0 bridgehead atoms. The third-order valence-corrected chi connectivity index (χ3v) is 3.17. The Morgan fingerprint density at radius 1 is 1.33 bits per heavy atom. The normalized spacial score (nSPS) is 15.3. The van der Waals surface area contributed by atoms with Crippen LogP contribution in [0.15, 0.2) is 16.6 Å². The van der Waals surface area contributed by atoms with E-state index < -0.39 is 0 Å². The lowest BCUT2D eigenvalue weighted by Crippen LogP contribution is -2.27. The van der Waals surface area contributed by atoms with E-state index in [-0.39, 0.29) is 12.1 Å². The fraction of sp³-hybridized carbons (Fsp3) is 0.462. The smallest absolute Gasteiger partial charge is 0.175 e. The van der Waals surface area contributed by atoms with Crippen LogP contribution in [0, 0.1) is 11.3 Å². The highest BCUT2D eigenvalue weighted by Gasteiger charge is 2.20. The van der Waals surface area contributed by atoms with Gasteiger partial charge in [0.1, 0.15) is 19.3 Å². The molecule has 0 saturated heterocycles. The van der Waals surface area contributed by atoms with Gasteiger partial charge in [0.05, 0.1) is 10.5 Å². The summed E-state index contributed by atoms with van der Waals surface area (Å²) in [5.74, 6) is 1.41. The number of nitrogens with one attached hydrogen (secondary N) is 1. The van der Waals surface area contributed by atoms with Crippen molar-refractivity contribution >= 4 is 15.9 Å². The Hall–Kier alpha value is -1.25. The predicted octanol–water partition coefficient (Wildman–Crippen LogP) is 2.78. The molecular weight excluding hydrogens is 296 g/mol. The van der Waals surface area contributed by atoms with Crippen molar-refractivity contribution in [1.29, 1.82) is 5.26 Å². The van der Waals surface area contributed by atoms with Gasteiger partial charge >= 0.3 is 0 Å². The fourth-order valence-corrected chi connectivity index (χ4v) is 2.41. The first-order valence-electron chi connectivity index (χ1n) is 5.86. The molecule has 0 fully saturated rings. The van der Waals surface area contributed by atoms with E-state index in [0.29, 0.717) is 24.7 Å². The highest BCUT2D eigenvalue weighted by molar-refractivity contribution is 9.10. The van der Waals surface area contributed by atoms with Crippen molar-refractivity contribution in [3.63, 3.8) is 0 Å². The molecule has 1 aromatic rings. The van der Waals surface area contributed by atoms with Gasteiger partial charge in [-0.2, -0.15) is 5.26 Å². The summed E-state index contributed by atoms with van der Waals surface area (Å²) in [5, 5.41) is 12.4. The maximum Gasteiger partial charge on any atom is 0.175 e. The van der Waals surface area contributed by atoms with E-state index in [9.17, 15) is 5.26 Å². The summed E-state index contributed by atoms with van der Waals surface area (Å²) in [5.41, 5.74) is 0.877. The lowest BCUT2D eigenvalue weighted by Gasteiger charge is -2.22. The number of halogens is 1. The molecule has 1 aliphatic rings. The molecule has 1 aliphatic heterocycles. The largest absolute Gasteiger partial charge is 0.486 e. The summed E-state index contributed by atoms with van der Waals surface area (Å²) in [6.45, 7) is 5.11. The number of nitriles is 1. The van der Waals surface area contributed by atoms with Crippen molar-refractivity contribution in [2.45, 2.75) is 25.9 Å². The van der Waals surface area contributed by atoms with E-state index in [2.05, 4.69) is 27.3 Å². The molecule has 4 nitrogen and oxygen atoms in total. The predicted molar refractivity (Wildman–Crippen MR) is 71.8 cm³/mol. The molecule has 0 aromatic heterocycles. The molecule has 2 rings (SSSR count). The van der Waals surface area contributed by atoms with E-state index in [4.69, 9.17) is 9.47 Å². The summed E-state index contributed by atoms with van der Waals surface area (Å²) < 4.78 is 11.9. The van der Waals surface area contributed by atoms with Gasteiger partial charge < -0.3 is 9.47 Å². The van der Waals surface area contributed by atoms with Gasteiger partial charge in [0, 0.05) is 6.04 Å². The van der Waals surface area contributed by atoms with Crippen molar-refractivity contribution < 1.29 is 9.47 Å². The minimum absolute atomic E-state index is 0.238. The second-order valence-electron chi connectivity index (χ2n) is 4.41. The van der Waals surface area contributed by atoms with Crippen molar-refractivity contribution in [1.82, 2.24) is 5.32 Å². The molecule has 1 heterocycles. The van der Waals surface area contributed by atoms with Crippen LogP contribution in [0.1, 0.15) is 25.5 Å². The van der Waals surface area contributed by atoms with E-state index in [1.165, 1.54) is 0 Å². The minimum Gasteiger partial charge on any atom is -0.486 e. The number of rotatable bonds is 3. The highest BCUT2D eigenvalue weighted by atomic mass is 79.9. The van der Waals surface area contributed by atoms with Gasteiger partial charge in [-0.1, -0.05) is 0 Å². The molecule has 0 spiro atoms. The molecular formula is C13H15BrN2O2. The molecule has 0 amide bonds. The molecule has 0 radical (unpaired) electrons. The molecule has 1 N–H and O–H groups in total. The zero-order chi connectivity index (χ0) is 13.1. The second-order valence-corrected chi connectivity index (χ2v) is 5.26. The molecule has 5 heteroatoms. The molecule has 0 saturated carbocycles. The van der Waals surface area contributed by atoms with Crippen LogP contribution in [-0.2, 0) is 0 Å². The number of hydrogen-bond acceptors (Lipinski definition) is 4. The number of benzene rings is 1. The van der Waals surface area contributed by atoms with Gasteiger partial charge in [-0.25, -0.2) is 0 Å². The summed E-state index contributed by atoms with van der Waals surface area (Å²) in [6.07, 6.45) is 0. The zero-order valence-electron chi connectivity index (χ0n) is 10.4. The Labute approximate surface area is 115 Å². The molecule has 18 heavy (non-hydrogen) atoms. The Balaban J connectivity index is 2.34. The first-order valence-corrected chi connectivity index (χ1v) is 6.66. The van der Waals surface area contributed by atoms with Crippen LogP contribution in [0.3, 0.4) is 0 Å². The van der Waals surface area contributed by atoms with Crippen LogP contribution in [-0.4, -0.2) is 19.3 Å². The molecule has 96 valence electrons. The second kappa shape index (κ2) is 5.59. The monoisotopic (exact) mass is 310 g/mol. The third-order valence-electron chi connectivity index (χ3n) is 2.58. The van der Waals surface area contributed by atoms with E-state index in [1.54, 1.807) is 0 Å². The van der Waals surface area contributed by atoms with Crippen molar-refractivity contribution in [2.24, 2.45) is 0 Å². The highest BCUT2D eigenvalue weighted by Crippen LogP contribution is 2.39. The Morgan fingerprint density at radius 2 is 2.06 bits per heavy atom. The molecule has 0 aliphatic carbocycles. The van der Waals surface area contributed by atoms with Gasteiger partial charge in [0.15, 0.2) is 11.5 Å². The average Bonchev–Trinajstić information content (AvgIpc) is 2.35. The first-order chi connectivity index (χ1) is 8.61. The topological polar surface area (TPSA) is 54.3 Å². The maximum atomic E-state index is 9.22. The van der Waals surface area contributed by atoms with E-state index >= 15 is 0 Å². The van der Waals surface area contributed by atoms with Crippen LogP contribution in [0.25, 0.3) is 0 Å². The SMILES string of the molecule is CC(C)NC(C#N)c1cc(Br)c2c(c1)OCCO2. The van der Waals surface area contributed by atoms with Crippen molar-refractivity contribution in [3.8, 4) is 17.6 Å². The fourth-order valence-electron chi connectivity index (χ4n) is 1.84. The van der Waals surface area contributed by atoms with Gasteiger partial charge in [-0.15, -0.1) is 0 Å². The van der Waals surface area contributed by atoms with Crippen LogP contribution in [0.4, 0.5) is 0 Å². The quantitative estimate of drug-likeness (QED) is 0.932. The lowest BCUT2D eigenvalue weighted by molar-refractivity contribution is 0.170. The number of hydrogen-bond donors (Lipinski definition) is 1. The van der Waals surface area contributed by atoms with Gasteiger partial charge in [-0.3, -0.25) is 5.32 Å². The van der Waals surface area contributed by atoms with Gasteiger partial charge in [-0.05, 0) is 47.5 Å². The summed E-state index contributed by atoms with van der Waals surface area (Å²) >= 11 is 3.45. The first kappa shape index (κ1) is 13.2. The molecule has 1 unspecified atom stereocenters. The van der Waals surface area contributed by atoms with Crippen molar-refractivity contribution in [3.05, 3.63) is 22.2 Å². The van der Waals surface area contributed by atoms with Crippen molar-refractivity contribution in [2.75, 3.05) is 13.2 Å². The van der Waals surface area contributed by atoms with E-state index in [0.717, 1.165) is 10.0 Å². The zero-order valence-corrected chi connectivity index (χ0v) is 12.0. The molecule has 1 atom stereocenters. The Morgan fingerprint density at radius 3 is 2.72 bits per heavy atom. The molecule has 1 aromatic carbocycles. The van der Waals surface area contributed by atoms with Crippen LogP contribution < -0.4 is 14.8 Å². The number of ether oxygens (including phenoxy) is 2. The Kier molecular flexibility index (Phi) is 4.10. The average molecular weight is 311 g/mol. The summed E-state index contributed by atoms with van der Waals surface area (Å²) in [7, 11) is 0. The van der Waals surface area contributed by atoms with Gasteiger partial charge in [0.25, 0.3) is 0 Å². The standard InChI is InChI=1S/C13H15BrN2O2/c1-8(2)16-11(7-15)9-5-10(14)13-12(6-9)17-3-4-18-13/h5-6,8,11,16H,3-4H2,1-2H3. The number of fused-ring (bicyclic) bond motifs is 1. The summed E-state index contributed by atoms with van der Waals surface area (Å²) in [4.78, 5) is 0. The van der Waals surface area contributed by atoms with E-state index in [1.807, 2.05) is 26.0 Å². The Bertz CT molecular complexity index is 483. The summed E-state index contributed by atoms with van der Waals surface area (Å²) in [6, 6.07) is 5.91. The maximum absolute atomic E-state index is 9.22. The van der Waals surface area contributed by atoms with Crippen LogP contribution in [0.2, 0.25) is 0 Å². The van der Waals surface area contributed by atoms with Crippen LogP contribution >= 0.6 is 15.9 Å². The third kappa shape index (κ3) is 2.77. The lowest BCUT2D eigenvalue weighted by atomic mass is 10.1.